The molecular weight excluding hydrogens is 737 g/mol. The highest BCUT2D eigenvalue weighted by molar-refractivity contribution is 6.03. The van der Waals surface area contributed by atoms with E-state index in [-0.39, 0.29) is 56.5 Å². The molecule has 0 saturated heterocycles. The van der Waals surface area contributed by atoms with Gasteiger partial charge in [-0.1, -0.05) is 60.5 Å². The van der Waals surface area contributed by atoms with Crippen molar-refractivity contribution in [1.29, 1.82) is 5.26 Å². The van der Waals surface area contributed by atoms with Crippen molar-refractivity contribution in [2.24, 2.45) is 22.9 Å². The third-order valence-electron chi connectivity index (χ3n) is 11.5. The predicted octanol–water partition coefficient (Wildman–Crippen LogP) is 7.27. The van der Waals surface area contributed by atoms with Crippen LogP contribution in [0.2, 0.25) is 0 Å². The summed E-state index contributed by atoms with van der Waals surface area (Å²) in [6.07, 6.45) is 7.99. The van der Waals surface area contributed by atoms with Crippen molar-refractivity contribution in [2.45, 2.75) is 76.2 Å². The number of nitrogens with one attached hydrogen (secondary N) is 1. The topological polar surface area (TPSA) is 163 Å². The molecule has 3 aliphatic rings. The molecule has 0 spiro atoms. The smallest absolute Gasteiger partial charge is 0.412 e. The van der Waals surface area contributed by atoms with Gasteiger partial charge in [0.05, 0.1) is 29.9 Å². The molecule has 306 valence electrons. The van der Waals surface area contributed by atoms with Gasteiger partial charge >= 0.3 is 6.09 Å². The Morgan fingerprint density at radius 1 is 1.05 bits per heavy atom. The Morgan fingerprint density at radius 3 is 2.48 bits per heavy atom. The lowest BCUT2D eigenvalue weighted by Gasteiger charge is -2.59. The second-order valence-corrected chi connectivity index (χ2v) is 15.1. The van der Waals surface area contributed by atoms with E-state index in [1.54, 1.807) is 54.4 Å². The van der Waals surface area contributed by atoms with Crippen LogP contribution in [0.25, 0.3) is 0 Å². The van der Waals surface area contributed by atoms with Crippen molar-refractivity contribution >= 4 is 17.7 Å². The molecule has 3 aromatic rings. The maximum absolute atomic E-state index is 14.5. The molecule has 1 heterocycles. The van der Waals surface area contributed by atoms with Gasteiger partial charge < -0.3 is 39.5 Å². The summed E-state index contributed by atoms with van der Waals surface area (Å²) in [4.78, 5) is 35.0. The normalized spacial score (nSPS) is 23.6. The van der Waals surface area contributed by atoms with Gasteiger partial charge in [0.15, 0.2) is 0 Å². The maximum atomic E-state index is 14.5. The summed E-state index contributed by atoms with van der Waals surface area (Å²) < 4.78 is 19.9. The molecule has 6 atom stereocenters. The highest BCUT2D eigenvalue weighted by Gasteiger charge is 2.65. The number of carbonyl (C=O) groups excluding carboxylic acids is 2. The number of nitriles is 1. The Labute approximate surface area is 340 Å². The third-order valence-corrected chi connectivity index (χ3v) is 11.5. The van der Waals surface area contributed by atoms with Crippen molar-refractivity contribution in [2.75, 3.05) is 33.4 Å². The monoisotopic (exact) mass is 790 g/mol. The number of ether oxygens (including phenoxy) is 3. The Hall–Kier alpha value is -5.48. The summed E-state index contributed by atoms with van der Waals surface area (Å²) >= 11 is 0. The summed E-state index contributed by atoms with van der Waals surface area (Å²) in [7, 11) is 1.73. The van der Waals surface area contributed by atoms with Gasteiger partial charge in [-0.3, -0.25) is 4.79 Å². The summed E-state index contributed by atoms with van der Waals surface area (Å²) in [5.41, 5.74) is 4.18. The number of hydrogen-bond acceptors (Lipinski definition) is 10. The fourth-order valence-electron chi connectivity index (χ4n) is 8.87. The maximum Gasteiger partial charge on any atom is 0.412 e. The number of benzene rings is 3. The molecule has 0 radical (unpaired) electrons. The minimum Gasteiger partial charge on any atom is -0.459 e. The first kappa shape index (κ1) is 42.1. The zero-order valence-electron chi connectivity index (χ0n) is 33.3. The number of nitrogens with zero attached hydrogens (tertiary/aromatic N) is 3. The van der Waals surface area contributed by atoms with E-state index in [0.717, 1.165) is 42.4 Å². The number of aliphatic hydroxyl groups is 2. The van der Waals surface area contributed by atoms with Gasteiger partial charge in [-0.15, -0.1) is 6.58 Å². The summed E-state index contributed by atoms with van der Waals surface area (Å²) in [5.74, 6) is -1.62. The van der Waals surface area contributed by atoms with Gasteiger partial charge in [0.2, 0.25) is 5.79 Å². The quantitative estimate of drug-likeness (QED) is 0.0683. The summed E-state index contributed by atoms with van der Waals surface area (Å²) in [6.45, 7) is 6.70. The fourth-order valence-corrected chi connectivity index (χ4v) is 8.87. The molecule has 58 heavy (non-hydrogen) atoms. The number of likely N-dealkylation sites (N-methyl/N-ethyl adjacent to an activating group) is 1. The van der Waals surface area contributed by atoms with E-state index in [4.69, 9.17) is 24.2 Å². The zero-order valence-corrected chi connectivity index (χ0v) is 33.3. The van der Waals surface area contributed by atoms with Crippen molar-refractivity contribution in [1.82, 2.24) is 10.2 Å². The number of oxime groups is 1. The van der Waals surface area contributed by atoms with Crippen molar-refractivity contribution < 1.29 is 38.9 Å². The molecule has 2 amide bonds. The van der Waals surface area contributed by atoms with Crippen molar-refractivity contribution in [3.63, 3.8) is 0 Å². The number of carbonyl (C=O) groups is 2. The van der Waals surface area contributed by atoms with E-state index in [2.05, 4.69) is 24.0 Å². The van der Waals surface area contributed by atoms with Crippen molar-refractivity contribution in [3.8, 4) is 17.6 Å². The van der Waals surface area contributed by atoms with E-state index in [1.165, 1.54) is 0 Å². The molecule has 6 rings (SSSR count). The van der Waals surface area contributed by atoms with Crippen LogP contribution < -0.4 is 14.8 Å². The van der Waals surface area contributed by atoms with Crippen molar-refractivity contribution in [3.05, 3.63) is 119 Å². The molecule has 1 fully saturated rings. The average Bonchev–Trinajstić information content (AvgIpc) is 3.24. The van der Waals surface area contributed by atoms with Gasteiger partial charge in [-0.25, -0.2) is 4.79 Å². The molecule has 12 heteroatoms. The second kappa shape index (κ2) is 19.8. The Bertz CT molecular complexity index is 1990. The molecule has 12 nitrogen and oxygen atoms in total. The number of fused-ring (bicyclic) bond motifs is 2. The summed E-state index contributed by atoms with van der Waals surface area (Å²) in [6, 6.07) is 23.1. The number of amides is 2. The van der Waals surface area contributed by atoms with Crippen LogP contribution in [0.3, 0.4) is 0 Å². The number of allylic oxidation sites excluding steroid dienone is 1. The molecule has 3 N–H and O–H groups in total. The van der Waals surface area contributed by atoms with Gasteiger partial charge in [-0.05, 0) is 98.0 Å². The Kier molecular flexibility index (Phi) is 14.4. The molecule has 2 aliphatic carbocycles. The SMILES string of the molecule is C=CCOC12Oc3ccc(OC(=O)NCC)cc3C3C(CCCCO)C(CCCCO)C=C(C(=NOCc4ccccc4)CC1N(C)C(=O)c1ccc(C#N)cc1)C32. The molecule has 0 aromatic heterocycles. The van der Waals surface area contributed by atoms with E-state index in [9.17, 15) is 25.1 Å². The molecule has 1 aliphatic heterocycles. The molecule has 3 aromatic carbocycles. The van der Waals surface area contributed by atoms with E-state index < -0.39 is 23.8 Å². The second-order valence-electron chi connectivity index (χ2n) is 15.1. The number of unbranched alkanes of at least 4 members (excludes halogenated alkanes) is 2. The standard InChI is InChI=1S/C46H54N4O8/c1-4-25-55-46-41(50(3)44(53)33-19-17-31(29-47)18-20-33)28-39(49-56-30-32-13-7-6-8-14-32)37-26-34(15-9-11-23-51)36(16-10-12-24-52)42(43(37)46)38-27-35(21-22-40(38)58-46)57-45(54)48-5-2/h4,6-8,13-14,17-22,26-27,34,36,41-43,51-52H,1,5,9-12,15-16,23-25,28,30H2,2-3H3,(H,48,54). The number of aliphatic hydroxyl groups excluding tert-OH is 2. The van der Waals surface area contributed by atoms with Crippen LogP contribution in [0.4, 0.5) is 4.79 Å². The Morgan fingerprint density at radius 2 is 1.79 bits per heavy atom. The highest BCUT2D eigenvalue weighted by Crippen LogP contribution is 2.61. The van der Waals surface area contributed by atoms with E-state index >= 15 is 0 Å². The lowest BCUT2D eigenvalue weighted by atomic mass is 9.55. The third kappa shape index (κ3) is 9.12. The Balaban J connectivity index is 1.56. The van der Waals surface area contributed by atoms with Crippen LogP contribution in [-0.2, 0) is 16.2 Å². The van der Waals surface area contributed by atoms with Gasteiger partial charge in [0.25, 0.3) is 5.91 Å². The van der Waals surface area contributed by atoms with Crippen LogP contribution in [0.1, 0.15) is 84.8 Å². The predicted molar refractivity (Wildman–Crippen MR) is 219 cm³/mol. The number of hydrogen-bond donors (Lipinski definition) is 3. The highest BCUT2D eigenvalue weighted by atomic mass is 16.7. The van der Waals surface area contributed by atoms with E-state index in [0.29, 0.717) is 47.7 Å². The number of rotatable bonds is 18. The lowest BCUT2D eigenvalue weighted by molar-refractivity contribution is -0.252. The first-order valence-corrected chi connectivity index (χ1v) is 20.3. The van der Waals surface area contributed by atoms with Crippen LogP contribution in [-0.4, -0.2) is 78.1 Å². The van der Waals surface area contributed by atoms with Gasteiger partial charge in [0, 0.05) is 50.3 Å². The summed E-state index contributed by atoms with van der Waals surface area (Å²) in [5, 5.41) is 36.7. The fraction of sp³-hybridized carbons (Fsp3) is 0.435. The molecule has 6 unspecified atom stereocenters. The minimum atomic E-state index is -1.44. The van der Waals surface area contributed by atoms with Crippen LogP contribution in [0, 0.1) is 29.1 Å². The molecule has 1 saturated carbocycles. The zero-order chi connectivity index (χ0) is 41.1. The van der Waals surface area contributed by atoms with Gasteiger partial charge in [0.1, 0.15) is 24.1 Å². The van der Waals surface area contributed by atoms with Crippen LogP contribution in [0.15, 0.2) is 102 Å². The van der Waals surface area contributed by atoms with Crippen LogP contribution in [0.5, 0.6) is 11.5 Å². The molecule has 0 bridgehead atoms. The lowest BCUT2D eigenvalue weighted by Crippen LogP contribution is -2.69. The largest absolute Gasteiger partial charge is 0.459 e. The molecular formula is C46H54N4O8. The van der Waals surface area contributed by atoms with Gasteiger partial charge in [-0.2, -0.15) is 5.26 Å². The average molecular weight is 791 g/mol. The van der Waals surface area contributed by atoms with Crippen LogP contribution >= 0.6 is 0 Å². The first-order chi connectivity index (χ1) is 28.3. The first-order valence-electron chi connectivity index (χ1n) is 20.3. The van der Waals surface area contributed by atoms with E-state index in [1.807, 2.05) is 43.3 Å². The minimum absolute atomic E-state index is 0.00200.